The average molecular weight is 468 g/mol. The Hall–Kier alpha value is -2.68. The number of amides is 2. The number of nitrogens with zero attached hydrogens (tertiary/aromatic N) is 2. The lowest BCUT2D eigenvalue weighted by molar-refractivity contribution is -0.137. The molecule has 9 heteroatoms. The highest BCUT2D eigenvalue weighted by Gasteiger charge is 2.31. The highest BCUT2D eigenvalue weighted by Crippen LogP contribution is 2.35. The van der Waals surface area contributed by atoms with Crippen molar-refractivity contribution in [2.75, 3.05) is 4.90 Å². The van der Waals surface area contributed by atoms with Crippen molar-refractivity contribution in [3.05, 3.63) is 47.0 Å². The van der Waals surface area contributed by atoms with Crippen LogP contribution in [0.4, 0.5) is 24.0 Å². The first-order valence-electron chi connectivity index (χ1n) is 10.0. The van der Waals surface area contributed by atoms with Gasteiger partial charge in [-0.05, 0) is 50.0 Å². The summed E-state index contributed by atoms with van der Waals surface area (Å²) in [5.41, 5.74) is -0.718. The van der Waals surface area contributed by atoms with Crippen LogP contribution in [0, 0.1) is 5.41 Å². The molecule has 5 nitrogen and oxygen atoms in total. The van der Waals surface area contributed by atoms with Crippen LogP contribution in [-0.2, 0) is 15.8 Å². The third-order valence-corrected chi connectivity index (χ3v) is 5.13. The maximum absolute atomic E-state index is 13.1. The molecule has 0 aliphatic carbocycles. The molecule has 0 radical (unpaired) electrons. The van der Waals surface area contributed by atoms with E-state index < -0.39 is 23.2 Å². The van der Waals surface area contributed by atoms with E-state index in [-0.39, 0.29) is 22.1 Å². The molecule has 0 spiro atoms. The number of nitrogens with one attached hydrogen (secondary N) is 1. The van der Waals surface area contributed by atoms with Crippen LogP contribution in [0.25, 0.3) is 6.08 Å². The number of hydrogen-bond acceptors (Lipinski definition) is 4. The lowest BCUT2D eigenvalue weighted by Crippen LogP contribution is -2.45. The second-order valence-electron chi connectivity index (χ2n) is 9.40. The van der Waals surface area contributed by atoms with Gasteiger partial charge in [0, 0.05) is 23.9 Å². The molecule has 0 unspecified atom stereocenters. The number of aromatic nitrogens is 1. The lowest BCUT2D eigenvalue weighted by Gasteiger charge is -2.32. The Kier molecular flexibility index (Phi) is 7.55. The van der Waals surface area contributed by atoms with E-state index in [1.54, 1.807) is 5.38 Å². The maximum Gasteiger partial charge on any atom is 0.416 e. The highest BCUT2D eigenvalue weighted by atomic mass is 32.1. The first-order valence-corrected chi connectivity index (χ1v) is 10.9. The number of alkyl halides is 3. The molecule has 0 bridgehead atoms. The Bertz CT molecular complexity index is 1000. The molecule has 0 aliphatic heterocycles. The predicted octanol–water partition coefficient (Wildman–Crippen LogP) is 6.19. The average Bonchev–Trinajstić information content (AvgIpc) is 3.05. The summed E-state index contributed by atoms with van der Waals surface area (Å²) in [6.45, 7) is 11.4. The van der Waals surface area contributed by atoms with Gasteiger partial charge in [0.05, 0.1) is 16.9 Å². The highest BCUT2D eigenvalue weighted by molar-refractivity contribution is 7.14. The Morgan fingerprint density at radius 1 is 1.16 bits per heavy atom. The summed E-state index contributed by atoms with van der Waals surface area (Å²) in [5.74, 6) is -0.758. The van der Waals surface area contributed by atoms with Gasteiger partial charge in [-0.3, -0.25) is 14.5 Å². The topological polar surface area (TPSA) is 62.3 Å². The van der Waals surface area contributed by atoms with Gasteiger partial charge in [-0.15, -0.1) is 11.3 Å². The molecule has 2 rings (SSSR count). The third-order valence-electron chi connectivity index (χ3n) is 4.29. The van der Waals surface area contributed by atoms with Crippen LogP contribution < -0.4 is 10.2 Å². The molecule has 2 aromatic rings. The monoisotopic (exact) mass is 467 g/mol. The van der Waals surface area contributed by atoms with Crippen LogP contribution in [0.5, 0.6) is 0 Å². The molecule has 0 aliphatic rings. The Balaban J connectivity index is 2.19. The van der Waals surface area contributed by atoms with E-state index in [0.29, 0.717) is 5.69 Å². The SMILES string of the molecule is CC(=O)N(c1cccc(C(F)(F)F)c1)c1nc(/C=C/C(=O)NC(C)(C)CC(C)(C)C)cs1. The fourth-order valence-electron chi connectivity index (χ4n) is 3.61. The first kappa shape index (κ1) is 25.6. The smallest absolute Gasteiger partial charge is 0.348 e. The van der Waals surface area contributed by atoms with Crippen molar-refractivity contribution < 1.29 is 22.8 Å². The van der Waals surface area contributed by atoms with Crippen molar-refractivity contribution in [1.29, 1.82) is 0 Å². The van der Waals surface area contributed by atoms with Crippen molar-refractivity contribution in [2.45, 2.75) is 59.7 Å². The zero-order valence-corrected chi connectivity index (χ0v) is 19.8. The minimum atomic E-state index is -4.52. The molecule has 0 saturated heterocycles. The fraction of sp³-hybridized carbons (Fsp3) is 0.435. The third kappa shape index (κ3) is 7.47. The van der Waals surface area contributed by atoms with Gasteiger partial charge < -0.3 is 5.32 Å². The van der Waals surface area contributed by atoms with Gasteiger partial charge in [0.15, 0.2) is 5.13 Å². The van der Waals surface area contributed by atoms with Crippen LogP contribution in [0.2, 0.25) is 0 Å². The van der Waals surface area contributed by atoms with Gasteiger partial charge in [0.1, 0.15) is 0 Å². The Labute approximate surface area is 190 Å². The van der Waals surface area contributed by atoms with Crippen molar-refractivity contribution >= 4 is 40.0 Å². The van der Waals surface area contributed by atoms with Crippen LogP contribution in [0.3, 0.4) is 0 Å². The predicted molar refractivity (Wildman–Crippen MR) is 122 cm³/mol. The molecular formula is C23H28F3N3O2S. The fourth-order valence-corrected chi connectivity index (χ4v) is 4.46. The van der Waals surface area contributed by atoms with Crippen LogP contribution in [0.1, 0.15) is 59.2 Å². The number of rotatable bonds is 6. The van der Waals surface area contributed by atoms with Gasteiger partial charge in [-0.25, -0.2) is 4.98 Å². The number of thiazole rings is 1. The van der Waals surface area contributed by atoms with Gasteiger partial charge in [0.25, 0.3) is 0 Å². The number of benzene rings is 1. The van der Waals surface area contributed by atoms with Crippen molar-refractivity contribution in [3.8, 4) is 0 Å². The molecule has 0 saturated carbocycles. The van der Waals surface area contributed by atoms with E-state index in [1.807, 2.05) is 13.8 Å². The second kappa shape index (κ2) is 9.44. The number of carbonyl (C=O) groups is 2. The molecule has 1 heterocycles. The van der Waals surface area contributed by atoms with E-state index in [0.717, 1.165) is 34.8 Å². The number of hydrogen-bond donors (Lipinski definition) is 1. The zero-order valence-electron chi connectivity index (χ0n) is 19.0. The number of halogens is 3. The van der Waals surface area contributed by atoms with Crippen molar-refractivity contribution in [3.63, 3.8) is 0 Å². The molecule has 32 heavy (non-hydrogen) atoms. The van der Waals surface area contributed by atoms with Crippen LogP contribution >= 0.6 is 11.3 Å². The largest absolute Gasteiger partial charge is 0.416 e. The van der Waals surface area contributed by atoms with E-state index in [2.05, 4.69) is 31.1 Å². The van der Waals surface area contributed by atoms with Crippen molar-refractivity contribution in [2.24, 2.45) is 5.41 Å². The van der Waals surface area contributed by atoms with Gasteiger partial charge in [0.2, 0.25) is 11.8 Å². The molecule has 1 N–H and O–H groups in total. The van der Waals surface area contributed by atoms with Gasteiger partial charge >= 0.3 is 6.18 Å². The molecule has 0 fully saturated rings. The summed E-state index contributed by atoms with van der Waals surface area (Å²) in [5, 5.41) is 4.80. The summed E-state index contributed by atoms with van der Waals surface area (Å²) in [7, 11) is 0. The summed E-state index contributed by atoms with van der Waals surface area (Å²) >= 11 is 1.10. The molecular weight excluding hydrogens is 439 g/mol. The normalized spacial score (nSPS) is 12.8. The van der Waals surface area contributed by atoms with E-state index in [1.165, 1.54) is 31.2 Å². The minimum Gasteiger partial charge on any atom is -0.348 e. The summed E-state index contributed by atoms with van der Waals surface area (Å²) in [6, 6.07) is 4.51. The Morgan fingerprint density at radius 2 is 1.81 bits per heavy atom. The Morgan fingerprint density at radius 3 is 2.38 bits per heavy atom. The summed E-state index contributed by atoms with van der Waals surface area (Å²) < 4.78 is 39.2. The molecule has 1 aromatic carbocycles. The molecule has 174 valence electrons. The molecule has 1 aromatic heterocycles. The summed E-state index contributed by atoms with van der Waals surface area (Å²) in [6.07, 6.45) is -0.882. The van der Waals surface area contributed by atoms with E-state index >= 15 is 0 Å². The first-order chi connectivity index (χ1) is 14.6. The minimum absolute atomic E-state index is 0.0455. The quantitative estimate of drug-likeness (QED) is 0.515. The van der Waals surface area contributed by atoms with Crippen molar-refractivity contribution in [1.82, 2.24) is 10.3 Å². The van der Waals surface area contributed by atoms with Crippen LogP contribution in [0.15, 0.2) is 35.7 Å². The zero-order chi connectivity index (χ0) is 24.3. The van der Waals surface area contributed by atoms with Gasteiger partial charge in [-0.2, -0.15) is 13.2 Å². The number of anilines is 2. The second-order valence-corrected chi connectivity index (χ2v) is 10.2. The van der Waals surface area contributed by atoms with Gasteiger partial charge in [-0.1, -0.05) is 26.8 Å². The molecule has 2 amide bonds. The summed E-state index contributed by atoms with van der Waals surface area (Å²) in [4.78, 5) is 29.9. The van der Waals surface area contributed by atoms with Crippen LogP contribution in [-0.4, -0.2) is 22.3 Å². The van der Waals surface area contributed by atoms with E-state index in [4.69, 9.17) is 0 Å². The molecule has 0 atom stereocenters. The lowest BCUT2D eigenvalue weighted by atomic mass is 9.82. The standard InChI is InChI=1S/C23H28F3N3O2S/c1-15(30)29(18-9-7-8-16(12-18)23(24,25)26)20-27-17(13-32-20)10-11-19(31)28-22(5,6)14-21(2,3)4/h7-13H,14H2,1-6H3,(H,28,31)/b11-10+. The number of carbonyl (C=O) groups excluding carboxylic acids is 2. The maximum atomic E-state index is 13.1. The van der Waals surface area contributed by atoms with E-state index in [9.17, 15) is 22.8 Å².